The Labute approximate surface area is 106 Å². The molecule has 1 aromatic rings. The number of aliphatic hydroxyl groups is 1. The van der Waals surface area contributed by atoms with E-state index in [0.717, 1.165) is 0 Å². The van der Waals surface area contributed by atoms with Crippen LogP contribution in [-0.4, -0.2) is 50.7 Å². The zero-order chi connectivity index (χ0) is 13.3. The molecular formula is C12H20N4O2. The van der Waals surface area contributed by atoms with E-state index in [9.17, 15) is 9.90 Å². The van der Waals surface area contributed by atoms with Crippen LogP contribution in [0.15, 0.2) is 12.5 Å². The van der Waals surface area contributed by atoms with E-state index in [2.05, 4.69) is 4.98 Å². The Morgan fingerprint density at radius 1 is 1.61 bits per heavy atom. The number of aromatic nitrogens is 2. The molecule has 0 unspecified atom stereocenters. The molecule has 0 saturated carbocycles. The van der Waals surface area contributed by atoms with Gasteiger partial charge in [-0.1, -0.05) is 13.8 Å². The lowest BCUT2D eigenvalue weighted by Crippen LogP contribution is -2.66. The van der Waals surface area contributed by atoms with Gasteiger partial charge >= 0.3 is 0 Å². The van der Waals surface area contributed by atoms with Crippen LogP contribution in [0.3, 0.4) is 0 Å². The Balaban J connectivity index is 1.97. The van der Waals surface area contributed by atoms with Crippen molar-refractivity contribution in [2.75, 3.05) is 19.6 Å². The molecule has 18 heavy (non-hydrogen) atoms. The van der Waals surface area contributed by atoms with Gasteiger partial charge in [0.25, 0.3) is 5.91 Å². The number of hydrogen-bond donors (Lipinski definition) is 2. The van der Waals surface area contributed by atoms with E-state index >= 15 is 0 Å². The maximum atomic E-state index is 12.1. The molecule has 1 aromatic heterocycles. The Morgan fingerprint density at radius 2 is 2.28 bits per heavy atom. The van der Waals surface area contributed by atoms with Gasteiger partial charge in [0.1, 0.15) is 11.3 Å². The monoisotopic (exact) mass is 252 g/mol. The number of amides is 1. The predicted octanol–water partition coefficient (Wildman–Crippen LogP) is -0.315. The van der Waals surface area contributed by atoms with Gasteiger partial charge in [0.05, 0.1) is 19.4 Å². The molecule has 0 aliphatic carbocycles. The SMILES string of the molecule is CC(C)C1(O)CN(C(=O)c2cn(CCN)cn2)C1. The van der Waals surface area contributed by atoms with Crippen molar-refractivity contribution in [3.05, 3.63) is 18.2 Å². The predicted molar refractivity (Wildman–Crippen MR) is 67.0 cm³/mol. The zero-order valence-electron chi connectivity index (χ0n) is 10.8. The third-order valence-electron chi connectivity index (χ3n) is 3.53. The van der Waals surface area contributed by atoms with Crippen molar-refractivity contribution in [3.8, 4) is 0 Å². The van der Waals surface area contributed by atoms with Crippen molar-refractivity contribution >= 4 is 5.91 Å². The molecular weight excluding hydrogens is 232 g/mol. The number of nitrogens with zero attached hydrogens (tertiary/aromatic N) is 3. The van der Waals surface area contributed by atoms with Crippen LogP contribution < -0.4 is 5.73 Å². The highest BCUT2D eigenvalue weighted by atomic mass is 16.3. The Kier molecular flexibility index (Phi) is 3.41. The molecule has 100 valence electrons. The highest BCUT2D eigenvalue weighted by Gasteiger charge is 2.46. The largest absolute Gasteiger partial charge is 0.386 e. The number of rotatable bonds is 4. The second-order valence-electron chi connectivity index (χ2n) is 5.20. The molecule has 0 radical (unpaired) electrons. The van der Waals surface area contributed by atoms with E-state index in [4.69, 9.17) is 5.73 Å². The Hall–Kier alpha value is -1.40. The van der Waals surface area contributed by atoms with Gasteiger partial charge in [0, 0.05) is 19.3 Å². The van der Waals surface area contributed by atoms with E-state index in [1.807, 2.05) is 13.8 Å². The number of likely N-dealkylation sites (tertiary alicyclic amines) is 1. The minimum atomic E-state index is -0.741. The van der Waals surface area contributed by atoms with Crippen LogP contribution in [0.5, 0.6) is 0 Å². The number of imidazole rings is 1. The molecule has 3 N–H and O–H groups in total. The lowest BCUT2D eigenvalue weighted by atomic mass is 9.83. The second kappa shape index (κ2) is 4.70. The molecule has 2 rings (SSSR count). The van der Waals surface area contributed by atoms with E-state index in [1.165, 1.54) is 0 Å². The van der Waals surface area contributed by atoms with Gasteiger partial charge in [-0.15, -0.1) is 0 Å². The summed E-state index contributed by atoms with van der Waals surface area (Å²) in [5.74, 6) is 0.0208. The molecule has 6 heteroatoms. The first-order chi connectivity index (χ1) is 8.46. The van der Waals surface area contributed by atoms with Crippen LogP contribution in [-0.2, 0) is 6.54 Å². The summed E-state index contributed by atoms with van der Waals surface area (Å²) in [6.07, 6.45) is 3.30. The van der Waals surface area contributed by atoms with Gasteiger partial charge in [0.15, 0.2) is 0 Å². The molecule has 0 bridgehead atoms. The molecule has 0 aromatic carbocycles. The zero-order valence-corrected chi connectivity index (χ0v) is 10.8. The summed E-state index contributed by atoms with van der Waals surface area (Å²) >= 11 is 0. The molecule has 1 saturated heterocycles. The number of β-amino-alcohol motifs (C(OH)–C–C–N with tert-alkyl or cyclic N) is 1. The van der Waals surface area contributed by atoms with E-state index in [0.29, 0.717) is 31.9 Å². The fraction of sp³-hybridized carbons (Fsp3) is 0.667. The van der Waals surface area contributed by atoms with Crippen molar-refractivity contribution in [2.45, 2.75) is 26.0 Å². The van der Waals surface area contributed by atoms with E-state index < -0.39 is 5.60 Å². The summed E-state index contributed by atoms with van der Waals surface area (Å²) in [4.78, 5) is 17.7. The van der Waals surface area contributed by atoms with Crippen LogP contribution in [0.4, 0.5) is 0 Å². The number of carbonyl (C=O) groups is 1. The molecule has 1 aliphatic rings. The highest BCUT2D eigenvalue weighted by molar-refractivity contribution is 5.92. The first-order valence-corrected chi connectivity index (χ1v) is 6.20. The van der Waals surface area contributed by atoms with Crippen LogP contribution >= 0.6 is 0 Å². The third kappa shape index (κ3) is 2.26. The molecule has 1 fully saturated rings. The van der Waals surface area contributed by atoms with Gasteiger partial charge < -0.3 is 20.3 Å². The van der Waals surface area contributed by atoms with Gasteiger partial charge in [-0.05, 0) is 5.92 Å². The number of nitrogens with two attached hydrogens (primary N) is 1. The van der Waals surface area contributed by atoms with Crippen LogP contribution in [0.25, 0.3) is 0 Å². The Bertz CT molecular complexity index is 435. The summed E-state index contributed by atoms with van der Waals surface area (Å²) < 4.78 is 1.79. The molecule has 1 aliphatic heterocycles. The standard InChI is InChI=1S/C12H20N4O2/c1-9(2)12(18)6-16(7-12)11(17)10-5-15(4-3-13)8-14-10/h5,8-9,18H,3-4,6-7,13H2,1-2H3. The minimum Gasteiger partial charge on any atom is -0.386 e. The van der Waals surface area contributed by atoms with Gasteiger partial charge in [-0.3, -0.25) is 4.79 Å². The molecule has 0 spiro atoms. The van der Waals surface area contributed by atoms with Crippen LogP contribution in [0.1, 0.15) is 24.3 Å². The van der Waals surface area contributed by atoms with Crippen LogP contribution in [0.2, 0.25) is 0 Å². The maximum Gasteiger partial charge on any atom is 0.274 e. The fourth-order valence-electron chi connectivity index (χ4n) is 2.03. The summed E-state index contributed by atoms with van der Waals surface area (Å²) in [7, 11) is 0. The normalized spacial score (nSPS) is 17.9. The van der Waals surface area contributed by atoms with Gasteiger partial charge in [-0.25, -0.2) is 4.98 Å². The first kappa shape index (κ1) is 13.0. The summed E-state index contributed by atoms with van der Waals surface area (Å²) in [6.45, 7) is 5.84. The van der Waals surface area contributed by atoms with Crippen molar-refractivity contribution in [1.29, 1.82) is 0 Å². The smallest absolute Gasteiger partial charge is 0.274 e. The van der Waals surface area contributed by atoms with Crippen molar-refractivity contribution < 1.29 is 9.90 Å². The average molecular weight is 252 g/mol. The van der Waals surface area contributed by atoms with Crippen molar-refractivity contribution in [3.63, 3.8) is 0 Å². The average Bonchev–Trinajstić information content (AvgIpc) is 2.72. The molecule has 6 nitrogen and oxygen atoms in total. The minimum absolute atomic E-state index is 0.129. The lowest BCUT2D eigenvalue weighted by Gasteiger charge is -2.48. The Morgan fingerprint density at radius 3 is 2.83 bits per heavy atom. The summed E-state index contributed by atoms with van der Waals surface area (Å²) in [5.41, 5.74) is 5.11. The highest BCUT2D eigenvalue weighted by Crippen LogP contribution is 2.29. The topological polar surface area (TPSA) is 84.4 Å². The van der Waals surface area contributed by atoms with E-state index in [-0.39, 0.29) is 11.8 Å². The number of carbonyl (C=O) groups excluding carboxylic acids is 1. The lowest BCUT2D eigenvalue weighted by molar-refractivity contribution is -0.111. The van der Waals surface area contributed by atoms with Crippen LogP contribution in [0, 0.1) is 5.92 Å². The quantitative estimate of drug-likeness (QED) is 0.769. The maximum absolute atomic E-state index is 12.1. The first-order valence-electron chi connectivity index (χ1n) is 6.20. The summed E-state index contributed by atoms with van der Waals surface area (Å²) in [6, 6.07) is 0. The van der Waals surface area contributed by atoms with Crippen molar-refractivity contribution in [2.24, 2.45) is 11.7 Å². The van der Waals surface area contributed by atoms with Gasteiger partial charge in [-0.2, -0.15) is 0 Å². The summed E-state index contributed by atoms with van der Waals surface area (Å²) in [5, 5.41) is 10.1. The number of hydrogen-bond acceptors (Lipinski definition) is 4. The molecule has 1 amide bonds. The van der Waals surface area contributed by atoms with Gasteiger partial charge in [0.2, 0.25) is 0 Å². The second-order valence-corrected chi connectivity index (χ2v) is 5.20. The van der Waals surface area contributed by atoms with E-state index in [1.54, 1.807) is 22.0 Å². The van der Waals surface area contributed by atoms with Crippen molar-refractivity contribution in [1.82, 2.24) is 14.5 Å². The third-order valence-corrected chi connectivity index (χ3v) is 3.53. The molecule has 0 atom stereocenters. The molecule has 2 heterocycles. The fourth-order valence-corrected chi connectivity index (χ4v) is 2.03.